The van der Waals surface area contributed by atoms with Crippen molar-refractivity contribution in [1.82, 2.24) is 19.4 Å². The number of rotatable bonds is 6. The quantitative estimate of drug-likeness (QED) is 0.687. The van der Waals surface area contributed by atoms with Crippen LogP contribution in [-0.4, -0.2) is 26.2 Å². The minimum absolute atomic E-state index is 0.0232. The van der Waals surface area contributed by atoms with E-state index in [-0.39, 0.29) is 17.8 Å². The molecule has 148 valence electrons. The van der Waals surface area contributed by atoms with Crippen LogP contribution in [-0.2, 0) is 19.5 Å². The molecule has 28 heavy (non-hydrogen) atoms. The first-order valence-electron chi connectivity index (χ1n) is 9.65. The van der Waals surface area contributed by atoms with E-state index in [4.69, 9.17) is 0 Å². The molecule has 2 N–H and O–H groups in total. The van der Waals surface area contributed by atoms with Crippen molar-refractivity contribution in [2.24, 2.45) is 0 Å². The molecule has 0 aliphatic rings. The third-order valence-electron chi connectivity index (χ3n) is 4.86. The zero-order chi connectivity index (χ0) is 20.3. The number of carbonyl (C=O) groups is 1. The Kier molecular flexibility index (Phi) is 5.82. The lowest BCUT2D eigenvalue weighted by Gasteiger charge is -2.15. The van der Waals surface area contributed by atoms with Gasteiger partial charge in [-0.1, -0.05) is 6.07 Å². The van der Waals surface area contributed by atoms with Crippen LogP contribution in [0.4, 0.5) is 10.5 Å². The zero-order valence-electron chi connectivity index (χ0n) is 16.8. The molecule has 1 aromatic carbocycles. The summed E-state index contributed by atoms with van der Waals surface area (Å²) >= 11 is 0. The number of aryl methyl sites for hydroxylation is 3. The average molecular weight is 381 g/mol. The highest BCUT2D eigenvalue weighted by atomic mass is 16.2. The summed E-state index contributed by atoms with van der Waals surface area (Å²) in [5, 5.41) is 5.87. The summed E-state index contributed by atoms with van der Waals surface area (Å²) < 4.78 is 3.48. The maximum atomic E-state index is 12.5. The number of pyridine rings is 1. The van der Waals surface area contributed by atoms with Crippen LogP contribution in [0.3, 0.4) is 0 Å². The molecule has 0 fully saturated rings. The van der Waals surface area contributed by atoms with Crippen molar-refractivity contribution in [2.75, 3.05) is 5.32 Å². The van der Waals surface area contributed by atoms with Gasteiger partial charge in [0.1, 0.15) is 0 Å². The largest absolute Gasteiger partial charge is 0.335 e. The molecular weight excluding hydrogens is 354 g/mol. The Hall–Kier alpha value is -3.09. The van der Waals surface area contributed by atoms with E-state index in [1.54, 1.807) is 15.3 Å². The third-order valence-corrected chi connectivity index (χ3v) is 4.86. The number of imidazole rings is 1. The van der Waals surface area contributed by atoms with Gasteiger partial charge >= 0.3 is 11.7 Å². The molecule has 0 aliphatic heterocycles. The number of urea groups is 1. The number of hydrogen-bond donors (Lipinski definition) is 2. The van der Waals surface area contributed by atoms with Crippen molar-refractivity contribution in [3.8, 4) is 0 Å². The number of anilines is 1. The monoisotopic (exact) mass is 381 g/mol. The minimum atomic E-state index is -0.272. The van der Waals surface area contributed by atoms with Crippen LogP contribution in [0.2, 0.25) is 0 Å². The van der Waals surface area contributed by atoms with E-state index in [0.29, 0.717) is 25.2 Å². The predicted molar refractivity (Wildman–Crippen MR) is 112 cm³/mol. The van der Waals surface area contributed by atoms with Crippen molar-refractivity contribution in [2.45, 2.75) is 53.2 Å². The van der Waals surface area contributed by atoms with E-state index < -0.39 is 0 Å². The first-order valence-corrected chi connectivity index (χ1v) is 9.65. The fourth-order valence-corrected chi connectivity index (χ4v) is 3.48. The van der Waals surface area contributed by atoms with Crippen LogP contribution in [0, 0.1) is 6.92 Å². The van der Waals surface area contributed by atoms with E-state index >= 15 is 0 Å². The van der Waals surface area contributed by atoms with E-state index in [1.165, 1.54) is 0 Å². The lowest BCUT2D eigenvalue weighted by Crippen LogP contribution is -2.37. The molecule has 2 heterocycles. The Morgan fingerprint density at radius 3 is 2.43 bits per heavy atom. The molecule has 2 amide bonds. The van der Waals surface area contributed by atoms with E-state index in [2.05, 4.69) is 15.6 Å². The first-order chi connectivity index (χ1) is 13.4. The van der Waals surface area contributed by atoms with Gasteiger partial charge in [-0.3, -0.25) is 14.1 Å². The number of fused-ring (bicyclic) bond motifs is 1. The molecule has 3 aromatic rings. The summed E-state index contributed by atoms with van der Waals surface area (Å²) in [4.78, 5) is 29.3. The average Bonchev–Trinajstić information content (AvgIpc) is 2.92. The van der Waals surface area contributed by atoms with Gasteiger partial charge in [0.15, 0.2) is 0 Å². The Morgan fingerprint density at radius 1 is 1.14 bits per heavy atom. The smallest absolute Gasteiger partial charge is 0.329 e. The second-order valence-corrected chi connectivity index (χ2v) is 6.95. The number of hydrogen-bond acceptors (Lipinski definition) is 3. The van der Waals surface area contributed by atoms with Gasteiger partial charge < -0.3 is 10.6 Å². The molecule has 0 bridgehead atoms. The van der Waals surface area contributed by atoms with Gasteiger partial charge in [0, 0.05) is 43.1 Å². The van der Waals surface area contributed by atoms with Gasteiger partial charge in [0.25, 0.3) is 0 Å². The number of aromatic nitrogens is 3. The number of nitrogens with zero attached hydrogens (tertiary/aromatic N) is 3. The fraction of sp³-hybridized carbons (Fsp3) is 0.381. The topological polar surface area (TPSA) is 81.0 Å². The number of nitrogens with one attached hydrogen (secondary N) is 2. The van der Waals surface area contributed by atoms with Crippen LogP contribution in [0.1, 0.15) is 32.0 Å². The van der Waals surface area contributed by atoms with Crippen LogP contribution >= 0.6 is 0 Å². The summed E-state index contributed by atoms with van der Waals surface area (Å²) in [6.45, 7) is 8.97. The van der Waals surface area contributed by atoms with Crippen LogP contribution < -0.4 is 16.3 Å². The summed E-state index contributed by atoms with van der Waals surface area (Å²) in [7, 11) is 0. The number of benzene rings is 1. The predicted octanol–water partition coefficient (Wildman–Crippen LogP) is 3.30. The molecule has 0 spiro atoms. The second kappa shape index (κ2) is 8.29. The van der Waals surface area contributed by atoms with Gasteiger partial charge in [-0.2, -0.15) is 0 Å². The second-order valence-electron chi connectivity index (χ2n) is 6.95. The van der Waals surface area contributed by atoms with Crippen LogP contribution in [0.5, 0.6) is 0 Å². The summed E-state index contributed by atoms with van der Waals surface area (Å²) in [5.74, 6) is 0. The number of amides is 2. The van der Waals surface area contributed by atoms with Gasteiger partial charge in [0.2, 0.25) is 0 Å². The molecule has 7 nitrogen and oxygen atoms in total. The van der Waals surface area contributed by atoms with Gasteiger partial charge in [0.05, 0.1) is 11.0 Å². The Bertz CT molecular complexity index is 1040. The maximum absolute atomic E-state index is 12.5. The minimum Gasteiger partial charge on any atom is -0.335 e. The van der Waals surface area contributed by atoms with Crippen LogP contribution in [0.15, 0.2) is 41.3 Å². The molecule has 7 heteroatoms. The molecule has 0 aliphatic carbocycles. The molecule has 3 rings (SSSR count). The molecule has 0 saturated carbocycles. The first kappa shape index (κ1) is 19.7. The Labute approximate surface area is 164 Å². The molecule has 0 saturated heterocycles. The lowest BCUT2D eigenvalue weighted by atomic mass is 10.1. The van der Waals surface area contributed by atoms with Gasteiger partial charge in [-0.05, 0) is 57.5 Å². The van der Waals surface area contributed by atoms with Crippen molar-refractivity contribution in [1.29, 1.82) is 0 Å². The van der Waals surface area contributed by atoms with E-state index in [0.717, 1.165) is 22.3 Å². The highest BCUT2D eigenvalue weighted by Gasteiger charge is 2.15. The third kappa shape index (κ3) is 3.93. The van der Waals surface area contributed by atoms with Crippen LogP contribution in [0.25, 0.3) is 11.0 Å². The molecule has 1 atom stereocenters. The van der Waals surface area contributed by atoms with Gasteiger partial charge in [-0.25, -0.2) is 9.59 Å². The molecular formula is C21H27N5O2. The van der Waals surface area contributed by atoms with Crippen molar-refractivity contribution < 1.29 is 4.79 Å². The summed E-state index contributed by atoms with van der Waals surface area (Å²) in [6, 6.07) is 9.25. The number of carbonyl (C=O) groups excluding carboxylic acids is 1. The van der Waals surface area contributed by atoms with Crippen molar-refractivity contribution >= 4 is 22.8 Å². The highest BCUT2D eigenvalue weighted by Crippen LogP contribution is 2.23. The van der Waals surface area contributed by atoms with Crippen molar-refractivity contribution in [3.63, 3.8) is 0 Å². The zero-order valence-corrected chi connectivity index (χ0v) is 16.8. The Balaban J connectivity index is 1.79. The molecule has 1 unspecified atom stereocenters. The fourth-order valence-electron chi connectivity index (χ4n) is 3.48. The maximum Gasteiger partial charge on any atom is 0.329 e. The Morgan fingerprint density at radius 2 is 1.82 bits per heavy atom. The summed E-state index contributed by atoms with van der Waals surface area (Å²) in [6.07, 6.45) is 2.40. The van der Waals surface area contributed by atoms with Crippen molar-refractivity contribution in [3.05, 3.63) is 58.3 Å². The van der Waals surface area contributed by atoms with E-state index in [1.807, 2.05) is 58.0 Å². The molecule has 2 aromatic heterocycles. The standard InChI is InChI=1S/C21H27N5O2/c1-5-25-18-11-14(3)17(13-19(18)26(6-2)21(25)28)24-20(27)23-15(4)12-16-9-7-8-10-22-16/h7-11,13,15H,5-6,12H2,1-4H3,(H2,23,24,27). The lowest BCUT2D eigenvalue weighted by molar-refractivity contribution is 0.249. The van der Waals surface area contributed by atoms with Gasteiger partial charge in [-0.15, -0.1) is 0 Å². The normalized spacial score (nSPS) is 12.1. The van der Waals surface area contributed by atoms with E-state index in [9.17, 15) is 9.59 Å². The molecule has 0 radical (unpaired) electrons. The SMILES string of the molecule is CCn1c(=O)n(CC)c2cc(NC(=O)NC(C)Cc3ccccn3)c(C)cc21. The highest BCUT2D eigenvalue weighted by molar-refractivity contribution is 5.93. The summed E-state index contributed by atoms with van der Waals surface area (Å²) in [5.41, 5.74) is 4.24.